The third-order valence-corrected chi connectivity index (χ3v) is 7.15. The van der Waals surface area contributed by atoms with Crippen LogP contribution in [0.4, 0.5) is 5.69 Å². The van der Waals surface area contributed by atoms with Gasteiger partial charge in [0.05, 0.1) is 10.7 Å². The fourth-order valence-corrected chi connectivity index (χ4v) is 5.04. The van der Waals surface area contributed by atoms with E-state index in [4.69, 9.17) is 16.3 Å². The summed E-state index contributed by atoms with van der Waals surface area (Å²) in [4.78, 5) is 4.95. The monoisotopic (exact) mass is 476 g/mol. The Hall–Kier alpha value is -2.49. The zero-order valence-electron chi connectivity index (χ0n) is 20.9. The van der Waals surface area contributed by atoms with Crippen LogP contribution in [-0.2, 0) is 0 Å². The number of hydrogen-bond acceptors (Lipinski definition) is 3. The van der Waals surface area contributed by atoms with Crippen LogP contribution in [-0.4, -0.2) is 37.6 Å². The minimum Gasteiger partial charge on any atom is -0.486 e. The van der Waals surface area contributed by atoms with Crippen molar-refractivity contribution in [3.63, 3.8) is 0 Å². The van der Waals surface area contributed by atoms with Crippen LogP contribution in [0.15, 0.2) is 66.7 Å². The predicted molar refractivity (Wildman–Crippen MR) is 145 cm³/mol. The van der Waals surface area contributed by atoms with Gasteiger partial charge in [-0.2, -0.15) is 0 Å². The van der Waals surface area contributed by atoms with Crippen LogP contribution in [0.1, 0.15) is 54.5 Å². The van der Waals surface area contributed by atoms with E-state index in [0.29, 0.717) is 5.92 Å². The van der Waals surface area contributed by atoms with Gasteiger partial charge in [0, 0.05) is 39.1 Å². The zero-order chi connectivity index (χ0) is 24.1. The minimum absolute atomic E-state index is 0.0320. The second-order valence-corrected chi connectivity index (χ2v) is 10.2. The molecule has 1 fully saturated rings. The summed E-state index contributed by atoms with van der Waals surface area (Å²) in [6, 6.07) is 23.4. The molecule has 1 aliphatic rings. The van der Waals surface area contributed by atoms with Crippen molar-refractivity contribution < 1.29 is 4.74 Å². The highest BCUT2D eigenvalue weighted by atomic mass is 35.5. The molecule has 1 heterocycles. The lowest BCUT2D eigenvalue weighted by molar-refractivity contribution is 0.159. The maximum absolute atomic E-state index is 6.70. The summed E-state index contributed by atoms with van der Waals surface area (Å²) in [6.07, 6.45) is 0.992. The van der Waals surface area contributed by atoms with E-state index in [1.165, 1.54) is 22.3 Å². The van der Waals surface area contributed by atoms with Crippen LogP contribution in [0, 0.1) is 13.8 Å². The molecular weight excluding hydrogens is 440 g/mol. The molecule has 34 heavy (non-hydrogen) atoms. The lowest BCUT2D eigenvalue weighted by atomic mass is 9.99. The number of piperazine rings is 1. The van der Waals surface area contributed by atoms with Crippen LogP contribution >= 0.6 is 11.6 Å². The maximum atomic E-state index is 6.70. The van der Waals surface area contributed by atoms with E-state index in [9.17, 15) is 0 Å². The number of rotatable bonds is 8. The lowest BCUT2D eigenvalue weighted by Gasteiger charge is -2.37. The summed E-state index contributed by atoms with van der Waals surface area (Å²) in [7, 11) is 0. The first-order chi connectivity index (χ1) is 16.4. The molecule has 0 aromatic heterocycles. The molecule has 4 rings (SSSR count). The summed E-state index contributed by atoms with van der Waals surface area (Å²) >= 11 is 6.43. The van der Waals surface area contributed by atoms with Gasteiger partial charge in [-0.25, -0.2) is 0 Å². The number of ether oxygens (including phenoxy) is 1. The van der Waals surface area contributed by atoms with Crippen molar-refractivity contribution in [2.24, 2.45) is 0 Å². The van der Waals surface area contributed by atoms with Gasteiger partial charge >= 0.3 is 0 Å². The van der Waals surface area contributed by atoms with E-state index in [-0.39, 0.29) is 6.10 Å². The van der Waals surface area contributed by atoms with Gasteiger partial charge in [0.25, 0.3) is 0 Å². The SMILES string of the molecule is Cc1cc(OC(CCN2CCN(c3ccccc3Cl)CC2)c2ccccc2C)cc(C(C)C)c1. The Balaban J connectivity index is 1.44. The van der Waals surface area contributed by atoms with Crippen molar-refractivity contribution in [2.75, 3.05) is 37.6 Å². The number of anilines is 1. The standard InChI is InChI=1S/C30H37ClN2O/c1-22(2)25-19-23(3)20-26(21-25)34-30(27-10-6-5-9-24(27)4)13-14-32-15-17-33(18-16-32)29-12-8-7-11-28(29)31/h5-12,19-22,30H,13-18H2,1-4H3. The first kappa shape index (κ1) is 24.6. The Morgan fingerprint density at radius 3 is 2.29 bits per heavy atom. The van der Waals surface area contributed by atoms with Gasteiger partial charge in [-0.3, -0.25) is 4.90 Å². The van der Waals surface area contributed by atoms with Crippen molar-refractivity contribution in [1.82, 2.24) is 4.90 Å². The Kier molecular flexibility index (Phi) is 8.18. The van der Waals surface area contributed by atoms with Gasteiger partial charge in [0.1, 0.15) is 11.9 Å². The molecule has 0 amide bonds. The number of hydrogen-bond donors (Lipinski definition) is 0. The Bertz CT molecular complexity index is 1090. The van der Waals surface area contributed by atoms with Crippen molar-refractivity contribution in [3.05, 3.63) is 94.0 Å². The summed E-state index contributed by atoms with van der Waals surface area (Å²) < 4.78 is 6.70. The third-order valence-electron chi connectivity index (χ3n) is 6.83. The first-order valence-corrected chi connectivity index (χ1v) is 12.8. The summed E-state index contributed by atoms with van der Waals surface area (Å²) in [5.41, 5.74) is 6.29. The smallest absolute Gasteiger partial charge is 0.125 e. The molecule has 0 spiro atoms. The largest absolute Gasteiger partial charge is 0.486 e. The Labute approximate surface area is 210 Å². The zero-order valence-corrected chi connectivity index (χ0v) is 21.7. The molecule has 3 nitrogen and oxygen atoms in total. The van der Waals surface area contributed by atoms with Gasteiger partial charge in [-0.1, -0.05) is 67.9 Å². The van der Waals surface area contributed by atoms with Crippen LogP contribution in [0.25, 0.3) is 0 Å². The molecule has 0 radical (unpaired) electrons. The molecule has 1 aliphatic heterocycles. The van der Waals surface area contributed by atoms with E-state index in [1.54, 1.807) is 0 Å². The predicted octanol–water partition coefficient (Wildman–Crippen LogP) is 7.41. The number of halogens is 1. The molecule has 0 saturated carbocycles. The van der Waals surface area contributed by atoms with E-state index >= 15 is 0 Å². The topological polar surface area (TPSA) is 15.7 Å². The second kappa shape index (κ2) is 11.3. The lowest BCUT2D eigenvalue weighted by Crippen LogP contribution is -2.47. The maximum Gasteiger partial charge on any atom is 0.125 e. The fourth-order valence-electron chi connectivity index (χ4n) is 4.79. The van der Waals surface area contributed by atoms with E-state index in [2.05, 4.69) is 92.1 Å². The van der Waals surface area contributed by atoms with E-state index in [0.717, 1.165) is 55.6 Å². The summed E-state index contributed by atoms with van der Waals surface area (Å²) in [5.74, 6) is 1.45. The van der Waals surface area contributed by atoms with E-state index < -0.39 is 0 Å². The van der Waals surface area contributed by atoms with Crippen molar-refractivity contribution in [2.45, 2.75) is 46.1 Å². The van der Waals surface area contributed by atoms with Gasteiger partial charge in [-0.15, -0.1) is 0 Å². The van der Waals surface area contributed by atoms with Gasteiger partial charge < -0.3 is 9.64 Å². The quantitative estimate of drug-likeness (QED) is 0.336. The Morgan fingerprint density at radius 1 is 0.882 bits per heavy atom. The third kappa shape index (κ3) is 6.14. The van der Waals surface area contributed by atoms with Gasteiger partial charge in [0.15, 0.2) is 0 Å². The molecular formula is C30H37ClN2O. The molecule has 3 aromatic rings. The van der Waals surface area contributed by atoms with Crippen molar-refractivity contribution >= 4 is 17.3 Å². The molecule has 1 atom stereocenters. The van der Waals surface area contributed by atoms with Crippen LogP contribution in [0.5, 0.6) is 5.75 Å². The van der Waals surface area contributed by atoms with Crippen LogP contribution in [0.3, 0.4) is 0 Å². The Morgan fingerprint density at radius 2 is 1.59 bits per heavy atom. The van der Waals surface area contributed by atoms with Gasteiger partial charge in [-0.05, 0) is 66.3 Å². The molecule has 4 heteroatoms. The van der Waals surface area contributed by atoms with Crippen LogP contribution < -0.4 is 9.64 Å². The number of benzene rings is 3. The highest BCUT2D eigenvalue weighted by Gasteiger charge is 2.22. The van der Waals surface area contributed by atoms with E-state index in [1.807, 2.05) is 12.1 Å². The van der Waals surface area contributed by atoms with Crippen molar-refractivity contribution in [1.29, 1.82) is 0 Å². The average molecular weight is 477 g/mol. The average Bonchev–Trinajstić information content (AvgIpc) is 2.82. The number of nitrogens with zero attached hydrogens (tertiary/aromatic N) is 2. The number of aryl methyl sites for hydroxylation is 2. The molecule has 1 unspecified atom stereocenters. The van der Waals surface area contributed by atoms with Crippen molar-refractivity contribution in [3.8, 4) is 5.75 Å². The molecule has 0 bridgehead atoms. The van der Waals surface area contributed by atoms with Gasteiger partial charge in [0.2, 0.25) is 0 Å². The summed E-state index contributed by atoms with van der Waals surface area (Å²) in [6.45, 7) is 13.9. The van der Waals surface area contributed by atoms with Crippen LogP contribution in [0.2, 0.25) is 5.02 Å². The molecule has 0 aliphatic carbocycles. The minimum atomic E-state index is 0.0320. The molecule has 0 N–H and O–H groups in total. The molecule has 180 valence electrons. The summed E-state index contributed by atoms with van der Waals surface area (Å²) in [5, 5.41) is 0.836. The molecule has 1 saturated heterocycles. The highest BCUT2D eigenvalue weighted by Crippen LogP contribution is 2.31. The highest BCUT2D eigenvalue weighted by molar-refractivity contribution is 6.33. The second-order valence-electron chi connectivity index (χ2n) is 9.77. The number of para-hydroxylation sites is 1. The normalized spacial score (nSPS) is 15.5. The fraction of sp³-hybridized carbons (Fsp3) is 0.400. The first-order valence-electron chi connectivity index (χ1n) is 12.5. The molecule has 3 aromatic carbocycles.